The summed E-state index contributed by atoms with van der Waals surface area (Å²) in [5.74, 6) is 0.689. The van der Waals surface area contributed by atoms with Crippen LogP contribution in [0.3, 0.4) is 0 Å². The van der Waals surface area contributed by atoms with E-state index in [1.807, 2.05) is 34.5 Å². The summed E-state index contributed by atoms with van der Waals surface area (Å²) in [6.45, 7) is 1.44. The third-order valence-corrected chi connectivity index (χ3v) is 6.06. The molecule has 1 N–H and O–H groups in total. The molecule has 5 nitrogen and oxygen atoms in total. The number of aromatic nitrogens is 2. The maximum Gasteiger partial charge on any atom is 0.255 e. The molecule has 1 amide bonds. The second-order valence-corrected chi connectivity index (χ2v) is 8.26. The zero-order chi connectivity index (χ0) is 18.6. The molecule has 1 atom stereocenters. The van der Waals surface area contributed by atoms with E-state index < -0.39 is 0 Å². The Balaban J connectivity index is 1.48. The average molecular weight is 443 g/mol. The summed E-state index contributed by atoms with van der Waals surface area (Å²) in [4.78, 5) is 24.7. The van der Waals surface area contributed by atoms with Gasteiger partial charge in [0.2, 0.25) is 5.95 Å². The van der Waals surface area contributed by atoms with Crippen molar-refractivity contribution in [2.45, 2.75) is 18.9 Å². The second kappa shape index (κ2) is 8.19. The molecule has 0 saturated carbocycles. The quantitative estimate of drug-likeness (QED) is 0.622. The predicted octanol–water partition coefficient (Wildman–Crippen LogP) is 4.68. The summed E-state index contributed by atoms with van der Waals surface area (Å²) >= 11 is 4.95. The van der Waals surface area contributed by atoms with Gasteiger partial charge in [0.05, 0.1) is 10.0 Å². The summed E-state index contributed by atoms with van der Waals surface area (Å²) in [6, 6.07) is 12.2. The van der Waals surface area contributed by atoms with E-state index in [0.29, 0.717) is 12.5 Å². The molecule has 1 aliphatic rings. The Morgan fingerprint density at radius 2 is 2.00 bits per heavy atom. The molecule has 2 aromatic heterocycles. The SMILES string of the molecule is O=C(c1ccsc1-c1ccccc1)N1CCC[C@H]1CNc1ncc(Br)cn1. The first kappa shape index (κ1) is 18.1. The molecular formula is C20H19BrN4OS. The van der Waals surface area contributed by atoms with Crippen LogP contribution in [0.25, 0.3) is 10.4 Å². The van der Waals surface area contributed by atoms with E-state index in [1.165, 1.54) is 0 Å². The lowest BCUT2D eigenvalue weighted by molar-refractivity contribution is 0.0745. The number of rotatable bonds is 5. The van der Waals surface area contributed by atoms with E-state index in [2.05, 4.69) is 43.3 Å². The van der Waals surface area contributed by atoms with Gasteiger partial charge in [0.15, 0.2) is 0 Å². The molecule has 138 valence electrons. The van der Waals surface area contributed by atoms with Crippen LogP contribution in [0.1, 0.15) is 23.2 Å². The number of likely N-dealkylation sites (tertiary alicyclic amines) is 1. The Bertz CT molecular complexity index is 913. The number of amides is 1. The van der Waals surface area contributed by atoms with Gasteiger partial charge >= 0.3 is 0 Å². The van der Waals surface area contributed by atoms with Gasteiger partial charge in [0.1, 0.15) is 0 Å². The largest absolute Gasteiger partial charge is 0.352 e. The van der Waals surface area contributed by atoms with Crippen LogP contribution < -0.4 is 5.32 Å². The van der Waals surface area contributed by atoms with Crippen molar-refractivity contribution in [2.24, 2.45) is 0 Å². The molecule has 0 radical (unpaired) electrons. The van der Waals surface area contributed by atoms with Crippen molar-refractivity contribution in [3.63, 3.8) is 0 Å². The van der Waals surface area contributed by atoms with Gasteiger partial charge in [-0.2, -0.15) is 0 Å². The van der Waals surface area contributed by atoms with Crippen LogP contribution in [-0.2, 0) is 0 Å². The number of nitrogens with one attached hydrogen (secondary N) is 1. The van der Waals surface area contributed by atoms with E-state index in [0.717, 1.165) is 39.9 Å². The average Bonchev–Trinajstić information content (AvgIpc) is 3.37. The summed E-state index contributed by atoms with van der Waals surface area (Å²) in [5, 5.41) is 5.25. The first-order valence-corrected chi connectivity index (χ1v) is 10.5. The second-order valence-electron chi connectivity index (χ2n) is 6.43. The monoisotopic (exact) mass is 442 g/mol. The minimum atomic E-state index is 0.108. The zero-order valence-corrected chi connectivity index (χ0v) is 17.0. The normalized spacial score (nSPS) is 16.5. The van der Waals surface area contributed by atoms with Crippen molar-refractivity contribution in [3.8, 4) is 10.4 Å². The van der Waals surface area contributed by atoms with Crippen molar-refractivity contribution in [1.29, 1.82) is 0 Å². The highest BCUT2D eigenvalue weighted by Gasteiger charge is 2.31. The topological polar surface area (TPSA) is 58.1 Å². The number of nitrogens with zero attached hydrogens (tertiary/aromatic N) is 3. The van der Waals surface area contributed by atoms with Gasteiger partial charge < -0.3 is 10.2 Å². The van der Waals surface area contributed by atoms with Crippen molar-refractivity contribution in [1.82, 2.24) is 14.9 Å². The number of benzene rings is 1. The molecule has 3 heterocycles. The number of hydrogen-bond donors (Lipinski definition) is 1. The van der Waals surface area contributed by atoms with Crippen LogP contribution in [0.15, 0.2) is 58.6 Å². The lowest BCUT2D eigenvalue weighted by Gasteiger charge is -2.25. The molecule has 0 spiro atoms. The molecule has 27 heavy (non-hydrogen) atoms. The van der Waals surface area contributed by atoms with Gasteiger partial charge in [0.25, 0.3) is 5.91 Å². The Morgan fingerprint density at radius 3 is 2.78 bits per heavy atom. The van der Waals surface area contributed by atoms with Crippen LogP contribution in [0.4, 0.5) is 5.95 Å². The van der Waals surface area contributed by atoms with E-state index in [9.17, 15) is 4.79 Å². The molecule has 1 saturated heterocycles. The highest BCUT2D eigenvalue weighted by Crippen LogP contribution is 2.32. The first-order chi connectivity index (χ1) is 13.2. The fourth-order valence-corrected chi connectivity index (χ4v) is 4.47. The van der Waals surface area contributed by atoms with Crippen LogP contribution in [0.2, 0.25) is 0 Å². The van der Waals surface area contributed by atoms with Crippen LogP contribution in [0.5, 0.6) is 0 Å². The highest BCUT2D eigenvalue weighted by molar-refractivity contribution is 9.10. The Labute approximate surface area is 170 Å². The minimum Gasteiger partial charge on any atom is -0.352 e. The van der Waals surface area contributed by atoms with Gasteiger partial charge in [-0.3, -0.25) is 4.79 Å². The lowest BCUT2D eigenvalue weighted by atomic mass is 10.1. The number of thiophene rings is 1. The summed E-state index contributed by atoms with van der Waals surface area (Å²) in [5.41, 5.74) is 1.88. The molecule has 3 aromatic rings. The van der Waals surface area contributed by atoms with Gasteiger partial charge in [-0.25, -0.2) is 9.97 Å². The Kier molecular flexibility index (Phi) is 5.50. The van der Waals surface area contributed by atoms with Crippen LogP contribution >= 0.6 is 27.3 Å². The van der Waals surface area contributed by atoms with Crippen molar-refractivity contribution >= 4 is 39.1 Å². The minimum absolute atomic E-state index is 0.108. The van der Waals surface area contributed by atoms with Gasteiger partial charge in [-0.05, 0) is 45.8 Å². The fraction of sp³-hybridized carbons (Fsp3) is 0.250. The summed E-state index contributed by atoms with van der Waals surface area (Å²) in [7, 11) is 0. The first-order valence-electron chi connectivity index (χ1n) is 8.87. The van der Waals surface area contributed by atoms with Crippen molar-refractivity contribution < 1.29 is 4.79 Å². The number of hydrogen-bond acceptors (Lipinski definition) is 5. The predicted molar refractivity (Wildman–Crippen MR) is 112 cm³/mol. The number of carbonyl (C=O) groups excluding carboxylic acids is 1. The van der Waals surface area contributed by atoms with E-state index >= 15 is 0 Å². The standard InChI is InChI=1S/C20H19BrN4OS/c21-15-11-22-20(23-12-15)24-13-16-7-4-9-25(16)19(26)17-8-10-27-18(17)14-5-2-1-3-6-14/h1-3,5-6,8,10-12,16H,4,7,9,13H2,(H,22,23,24)/t16-/m0/s1. The van der Waals surface area contributed by atoms with Crippen LogP contribution in [-0.4, -0.2) is 39.9 Å². The third-order valence-electron chi connectivity index (χ3n) is 4.69. The van der Waals surface area contributed by atoms with Crippen molar-refractivity contribution in [2.75, 3.05) is 18.4 Å². The fourth-order valence-electron chi connectivity index (χ4n) is 3.37. The van der Waals surface area contributed by atoms with Gasteiger partial charge in [0, 0.05) is 36.4 Å². The van der Waals surface area contributed by atoms with E-state index in [4.69, 9.17) is 0 Å². The third kappa shape index (κ3) is 4.04. The molecular weight excluding hydrogens is 424 g/mol. The molecule has 0 bridgehead atoms. The highest BCUT2D eigenvalue weighted by atomic mass is 79.9. The Hall–Kier alpha value is -2.25. The van der Waals surface area contributed by atoms with Crippen LogP contribution in [0, 0.1) is 0 Å². The zero-order valence-electron chi connectivity index (χ0n) is 14.6. The van der Waals surface area contributed by atoms with E-state index in [1.54, 1.807) is 23.7 Å². The molecule has 7 heteroatoms. The van der Waals surface area contributed by atoms with E-state index in [-0.39, 0.29) is 11.9 Å². The van der Waals surface area contributed by atoms with Gasteiger partial charge in [-0.1, -0.05) is 30.3 Å². The summed E-state index contributed by atoms with van der Waals surface area (Å²) in [6.07, 6.45) is 5.43. The smallest absolute Gasteiger partial charge is 0.255 e. The molecule has 4 rings (SSSR count). The van der Waals surface area contributed by atoms with Crippen molar-refractivity contribution in [3.05, 3.63) is 64.2 Å². The maximum absolute atomic E-state index is 13.2. The molecule has 0 aliphatic carbocycles. The number of halogens is 1. The number of anilines is 1. The molecule has 1 aliphatic heterocycles. The maximum atomic E-state index is 13.2. The molecule has 0 unspecified atom stereocenters. The number of carbonyl (C=O) groups is 1. The molecule has 1 aromatic carbocycles. The molecule has 1 fully saturated rings. The lowest BCUT2D eigenvalue weighted by Crippen LogP contribution is -2.39. The summed E-state index contributed by atoms with van der Waals surface area (Å²) < 4.78 is 0.844. The van der Waals surface area contributed by atoms with Gasteiger partial charge in [-0.15, -0.1) is 11.3 Å². The Morgan fingerprint density at radius 1 is 1.22 bits per heavy atom.